The molecule has 0 aromatic heterocycles. The van der Waals surface area contributed by atoms with Crippen LogP contribution in [0.4, 0.5) is 0 Å². The van der Waals surface area contributed by atoms with E-state index in [1.807, 2.05) is 20.8 Å². The van der Waals surface area contributed by atoms with Crippen LogP contribution in [0.15, 0.2) is 16.1 Å². The topological polar surface area (TPSA) is 74.2 Å². The zero-order valence-corrected chi connectivity index (χ0v) is 13.8. The van der Waals surface area contributed by atoms with Crippen molar-refractivity contribution >= 4 is 29.4 Å². The first-order valence-corrected chi connectivity index (χ1v) is 6.89. The van der Waals surface area contributed by atoms with Gasteiger partial charge in [0.05, 0.1) is 25.6 Å². The average molecular weight is 318 g/mol. The monoisotopic (exact) mass is 317 g/mol. The van der Waals surface area contributed by atoms with Gasteiger partial charge in [-0.2, -0.15) is 0 Å². The highest BCUT2D eigenvalue weighted by atomic mass is 35.5. The molecule has 0 bridgehead atoms. The third-order valence-corrected chi connectivity index (χ3v) is 3.30. The molecule has 7 heteroatoms. The molecule has 1 heterocycles. The molecule has 21 heavy (non-hydrogen) atoms. The molecule has 118 valence electrons. The molecule has 0 amide bonds. The van der Waals surface area contributed by atoms with Crippen LogP contribution in [0, 0.1) is 0 Å². The van der Waals surface area contributed by atoms with Crippen LogP contribution in [0.5, 0.6) is 0 Å². The van der Waals surface area contributed by atoms with E-state index in [4.69, 9.17) is 25.8 Å². The quantitative estimate of drug-likeness (QED) is 0.586. The van der Waals surface area contributed by atoms with Crippen molar-refractivity contribution < 1.29 is 23.8 Å². The summed E-state index contributed by atoms with van der Waals surface area (Å²) in [5.74, 6) is -1.41. The minimum Gasteiger partial charge on any atom is -0.466 e. The second-order valence-corrected chi connectivity index (χ2v) is 6.05. The predicted octanol–water partition coefficient (Wildman–Crippen LogP) is 1.85. The molecule has 1 aliphatic heterocycles. The Morgan fingerprint density at radius 1 is 1.24 bits per heavy atom. The van der Waals surface area contributed by atoms with E-state index in [-0.39, 0.29) is 22.9 Å². The smallest absolute Gasteiger partial charge is 0.344 e. The average Bonchev–Trinajstić information content (AvgIpc) is 2.68. The van der Waals surface area contributed by atoms with E-state index < -0.39 is 23.1 Å². The molecule has 1 unspecified atom stereocenters. The van der Waals surface area contributed by atoms with Crippen LogP contribution in [0.3, 0.4) is 0 Å². The van der Waals surface area contributed by atoms with E-state index in [0.29, 0.717) is 0 Å². The predicted molar refractivity (Wildman–Crippen MR) is 78.5 cm³/mol. The Kier molecular flexibility index (Phi) is 5.04. The zero-order chi connectivity index (χ0) is 16.4. The maximum atomic E-state index is 12.1. The van der Waals surface area contributed by atoms with Crippen molar-refractivity contribution in [1.82, 2.24) is 0 Å². The van der Waals surface area contributed by atoms with Crippen LogP contribution in [0.1, 0.15) is 27.7 Å². The molecular weight excluding hydrogens is 298 g/mol. The van der Waals surface area contributed by atoms with Gasteiger partial charge in [0, 0.05) is 0 Å². The normalized spacial score (nSPS) is 24.0. The summed E-state index contributed by atoms with van der Waals surface area (Å²) in [4.78, 5) is 28.4. The highest BCUT2D eigenvalue weighted by molar-refractivity contribution is 6.26. The molecule has 0 saturated heterocycles. The first kappa shape index (κ1) is 17.5. The molecule has 6 nitrogen and oxygen atoms in total. The number of carbonyl (C=O) groups is 2. The Bertz CT molecular complexity index is 518. The van der Waals surface area contributed by atoms with Gasteiger partial charge in [-0.1, -0.05) is 0 Å². The van der Waals surface area contributed by atoms with Crippen molar-refractivity contribution in [2.24, 2.45) is 4.99 Å². The SMILES string of the molecule is COC(=O)C1=C(C(=O)OC)C(C)(CCl)OC1=NC(C)(C)C. The number of hydrogen-bond acceptors (Lipinski definition) is 6. The summed E-state index contributed by atoms with van der Waals surface area (Å²) in [6.45, 7) is 7.12. The van der Waals surface area contributed by atoms with E-state index in [1.54, 1.807) is 6.92 Å². The van der Waals surface area contributed by atoms with Crippen molar-refractivity contribution in [3.63, 3.8) is 0 Å². The molecule has 0 saturated carbocycles. The molecule has 1 rings (SSSR count). The molecule has 0 aromatic rings. The number of aliphatic imine (C=N–C) groups is 1. The molecule has 1 atom stereocenters. The second kappa shape index (κ2) is 6.05. The number of nitrogens with zero attached hydrogens (tertiary/aromatic N) is 1. The van der Waals surface area contributed by atoms with Crippen molar-refractivity contribution in [1.29, 1.82) is 0 Å². The van der Waals surface area contributed by atoms with Gasteiger partial charge in [-0.15, -0.1) is 11.6 Å². The van der Waals surface area contributed by atoms with Gasteiger partial charge in [0.15, 0.2) is 5.60 Å². The van der Waals surface area contributed by atoms with Crippen molar-refractivity contribution in [2.45, 2.75) is 38.8 Å². The zero-order valence-electron chi connectivity index (χ0n) is 13.1. The van der Waals surface area contributed by atoms with Crippen LogP contribution in [0.25, 0.3) is 0 Å². The van der Waals surface area contributed by atoms with Gasteiger partial charge in [0.25, 0.3) is 0 Å². The van der Waals surface area contributed by atoms with E-state index in [0.717, 1.165) is 0 Å². The van der Waals surface area contributed by atoms with E-state index in [9.17, 15) is 9.59 Å². The summed E-state index contributed by atoms with van der Waals surface area (Å²) in [7, 11) is 2.44. The van der Waals surface area contributed by atoms with Crippen molar-refractivity contribution in [3.8, 4) is 0 Å². The summed E-state index contributed by atoms with van der Waals surface area (Å²) in [6, 6.07) is 0. The van der Waals surface area contributed by atoms with Crippen molar-refractivity contribution in [2.75, 3.05) is 20.1 Å². The van der Waals surface area contributed by atoms with Gasteiger partial charge < -0.3 is 14.2 Å². The van der Waals surface area contributed by atoms with Gasteiger partial charge in [0.2, 0.25) is 5.90 Å². The summed E-state index contributed by atoms with van der Waals surface area (Å²) in [5.41, 5.74) is -1.72. The summed E-state index contributed by atoms with van der Waals surface area (Å²) in [5, 5.41) is 0. The molecule has 0 radical (unpaired) electrons. The van der Waals surface area contributed by atoms with Crippen molar-refractivity contribution in [3.05, 3.63) is 11.1 Å². The molecule has 0 aliphatic carbocycles. The number of carbonyl (C=O) groups excluding carboxylic acids is 2. The molecule has 1 aliphatic rings. The highest BCUT2D eigenvalue weighted by Gasteiger charge is 2.49. The molecule has 0 fully saturated rings. The lowest BCUT2D eigenvalue weighted by molar-refractivity contribution is -0.139. The number of rotatable bonds is 3. The van der Waals surface area contributed by atoms with Gasteiger partial charge in [0.1, 0.15) is 11.1 Å². The number of ether oxygens (including phenoxy) is 3. The third-order valence-electron chi connectivity index (χ3n) is 2.79. The fourth-order valence-electron chi connectivity index (χ4n) is 1.88. The highest BCUT2D eigenvalue weighted by Crippen LogP contribution is 2.36. The molecular formula is C14H20ClNO5. The van der Waals surface area contributed by atoms with E-state index in [2.05, 4.69) is 4.99 Å². The lowest BCUT2D eigenvalue weighted by Crippen LogP contribution is -2.34. The lowest BCUT2D eigenvalue weighted by Gasteiger charge is -2.23. The van der Waals surface area contributed by atoms with E-state index >= 15 is 0 Å². The Hall–Kier alpha value is -1.56. The van der Waals surface area contributed by atoms with Gasteiger partial charge >= 0.3 is 11.9 Å². The third kappa shape index (κ3) is 3.56. The molecule has 0 N–H and O–H groups in total. The first-order chi connectivity index (χ1) is 9.59. The van der Waals surface area contributed by atoms with Crippen LogP contribution in [-0.2, 0) is 23.8 Å². The Morgan fingerprint density at radius 2 is 1.76 bits per heavy atom. The molecule has 0 spiro atoms. The number of esters is 2. The summed E-state index contributed by atoms with van der Waals surface area (Å²) in [6.07, 6.45) is 0. The summed E-state index contributed by atoms with van der Waals surface area (Å²) >= 11 is 5.92. The van der Waals surface area contributed by atoms with Crippen LogP contribution >= 0.6 is 11.6 Å². The first-order valence-electron chi connectivity index (χ1n) is 6.36. The largest absolute Gasteiger partial charge is 0.466 e. The lowest BCUT2D eigenvalue weighted by atomic mass is 9.95. The van der Waals surface area contributed by atoms with Crippen LogP contribution in [0.2, 0.25) is 0 Å². The van der Waals surface area contributed by atoms with Crippen LogP contribution < -0.4 is 0 Å². The summed E-state index contributed by atoms with van der Waals surface area (Å²) < 4.78 is 15.2. The number of hydrogen-bond donors (Lipinski definition) is 0. The minimum atomic E-state index is -1.19. The second-order valence-electron chi connectivity index (χ2n) is 5.79. The fourth-order valence-corrected chi connectivity index (χ4v) is 2.06. The minimum absolute atomic E-state index is 0.0230. The number of methoxy groups -OCH3 is 2. The van der Waals surface area contributed by atoms with Gasteiger partial charge in [-0.25, -0.2) is 14.6 Å². The maximum Gasteiger partial charge on any atom is 0.344 e. The Labute approximate surface area is 129 Å². The van der Waals surface area contributed by atoms with Crippen LogP contribution in [-0.4, -0.2) is 49.1 Å². The number of halogens is 1. The van der Waals surface area contributed by atoms with Gasteiger partial charge in [-0.05, 0) is 27.7 Å². The fraction of sp³-hybridized carbons (Fsp3) is 0.643. The van der Waals surface area contributed by atoms with E-state index in [1.165, 1.54) is 14.2 Å². The molecule has 0 aromatic carbocycles. The number of alkyl halides is 1. The Balaban J connectivity index is 3.59. The van der Waals surface area contributed by atoms with Gasteiger partial charge in [-0.3, -0.25) is 0 Å². The maximum absolute atomic E-state index is 12.1. The Morgan fingerprint density at radius 3 is 2.14 bits per heavy atom. The standard InChI is InChI=1S/C14H20ClNO5/c1-13(2,3)16-10-8(11(17)19-5)9(12(18)20-6)14(4,7-15)21-10/h7H2,1-6H3.